The number of nitrogens with two attached hydrogens (primary N) is 2. The number of rotatable bonds is 6. The first-order chi connectivity index (χ1) is 12.8. The minimum absolute atomic E-state index is 0.111. The molecule has 1 aliphatic carbocycles. The predicted molar refractivity (Wildman–Crippen MR) is 102 cm³/mol. The second-order valence-electron chi connectivity index (χ2n) is 6.74. The Morgan fingerprint density at radius 2 is 1.70 bits per heavy atom. The summed E-state index contributed by atoms with van der Waals surface area (Å²) in [6, 6.07) is 12.6. The second-order valence-corrected chi connectivity index (χ2v) is 6.74. The van der Waals surface area contributed by atoms with Crippen LogP contribution in [0.4, 0.5) is 5.69 Å². The standard InChI is InChI=1S/C20H22N4O3/c1-24(17-7-6-12-4-2-3-5-16(12)17)11-18(25)23-15-9-13(19(21)26)8-14(10-15)20(22)27/h2-5,8-10,17H,6-7,11H2,1H3,(H2,21,26)(H2,22,27)(H,23,25)/t17-/m0/s1. The van der Waals surface area contributed by atoms with Crippen molar-refractivity contribution < 1.29 is 14.4 Å². The van der Waals surface area contributed by atoms with Crippen molar-refractivity contribution in [2.75, 3.05) is 18.9 Å². The van der Waals surface area contributed by atoms with Gasteiger partial charge in [0.05, 0.1) is 6.54 Å². The molecule has 0 saturated carbocycles. The van der Waals surface area contributed by atoms with Crippen LogP contribution in [0.5, 0.6) is 0 Å². The molecule has 2 aromatic rings. The molecule has 7 heteroatoms. The Hall–Kier alpha value is -3.19. The number of anilines is 1. The summed E-state index contributed by atoms with van der Waals surface area (Å²) in [6.45, 7) is 0.172. The van der Waals surface area contributed by atoms with Gasteiger partial charge in [-0.1, -0.05) is 24.3 Å². The molecule has 0 aromatic heterocycles. The zero-order valence-corrected chi connectivity index (χ0v) is 15.1. The highest BCUT2D eigenvalue weighted by atomic mass is 16.2. The zero-order valence-electron chi connectivity index (χ0n) is 15.1. The molecule has 0 spiro atoms. The molecule has 0 bridgehead atoms. The third-order valence-corrected chi connectivity index (χ3v) is 4.81. The smallest absolute Gasteiger partial charge is 0.248 e. The Labute approximate surface area is 157 Å². The van der Waals surface area contributed by atoms with Crippen molar-refractivity contribution >= 4 is 23.4 Å². The fourth-order valence-corrected chi connectivity index (χ4v) is 3.51. The number of carbonyl (C=O) groups excluding carboxylic acids is 3. The Bertz CT molecular complexity index is 878. The van der Waals surface area contributed by atoms with Crippen molar-refractivity contribution in [1.29, 1.82) is 0 Å². The summed E-state index contributed by atoms with van der Waals surface area (Å²) in [5, 5.41) is 2.71. The molecule has 27 heavy (non-hydrogen) atoms. The molecule has 5 N–H and O–H groups in total. The average Bonchev–Trinajstić information content (AvgIpc) is 3.05. The van der Waals surface area contributed by atoms with Crippen molar-refractivity contribution in [1.82, 2.24) is 4.90 Å². The van der Waals surface area contributed by atoms with E-state index in [4.69, 9.17) is 11.5 Å². The van der Waals surface area contributed by atoms with Crippen LogP contribution >= 0.6 is 0 Å². The van der Waals surface area contributed by atoms with Gasteiger partial charge in [-0.15, -0.1) is 0 Å². The maximum Gasteiger partial charge on any atom is 0.248 e. The van der Waals surface area contributed by atoms with Crippen LogP contribution in [0.25, 0.3) is 0 Å². The van der Waals surface area contributed by atoms with Gasteiger partial charge in [0.2, 0.25) is 17.7 Å². The molecule has 1 atom stereocenters. The van der Waals surface area contributed by atoms with Crippen LogP contribution in [0.3, 0.4) is 0 Å². The summed E-state index contributed by atoms with van der Waals surface area (Å²) < 4.78 is 0. The first-order valence-electron chi connectivity index (χ1n) is 8.67. The van der Waals surface area contributed by atoms with Crippen LogP contribution in [0.15, 0.2) is 42.5 Å². The van der Waals surface area contributed by atoms with E-state index in [-0.39, 0.29) is 29.6 Å². The topological polar surface area (TPSA) is 119 Å². The number of nitrogens with zero attached hydrogens (tertiary/aromatic N) is 1. The molecular weight excluding hydrogens is 344 g/mol. The molecule has 1 aliphatic rings. The molecule has 0 heterocycles. The van der Waals surface area contributed by atoms with E-state index in [1.807, 2.05) is 24.1 Å². The van der Waals surface area contributed by atoms with Crippen molar-refractivity contribution in [2.45, 2.75) is 18.9 Å². The number of aryl methyl sites for hydroxylation is 1. The molecule has 0 unspecified atom stereocenters. The molecule has 0 radical (unpaired) electrons. The van der Waals surface area contributed by atoms with Gasteiger partial charge in [0, 0.05) is 22.9 Å². The lowest BCUT2D eigenvalue weighted by molar-refractivity contribution is -0.117. The van der Waals surface area contributed by atoms with Crippen LogP contribution in [0.2, 0.25) is 0 Å². The van der Waals surface area contributed by atoms with Gasteiger partial charge in [-0.3, -0.25) is 19.3 Å². The van der Waals surface area contributed by atoms with E-state index >= 15 is 0 Å². The quantitative estimate of drug-likeness (QED) is 0.717. The van der Waals surface area contributed by atoms with Crippen molar-refractivity contribution in [3.63, 3.8) is 0 Å². The number of hydrogen-bond acceptors (Lipinski definition) is 4. The first-order valence-corrected chi connectivity index (χ1v) is 8.67. The molecule has 0 fully saturated rings. The summed E-state index contributed by atoms with van der Waals surface area (Å²) in [5.41, 5.74) is 13.7. The predicted octanol–water partition coefficient (Wildman–Crippen LogP) is 1.44. The third-order valence-electron chi connectivity index (χ3n) is 4.81. The van der Waals surface area contributed by atoms with E-state index < -0.39 is 11.8 Å². The number of amides is 3. The number of likely N-dealkylation sites (N-methyl/N-ethyl adjacent to an activating group) is 1. The normalized spacial score (nSPS) is 15.4. The fourth-order valence-electron chi connectivity index (χ4n) is 3.51. The highest BCUT2D eigenvalue weighted by Gasteiger charge is 2.26. The molecule has 140 valence electrons. The Morgan fingerprint density at radius 3 is 2.33 bits per heavy atom. The number of carbonyl (C=O) groups is 3. The van der Waals surface area contributed by atoms with Gasteiger partial charge in [0.25, 0.3) is 0 Å². The van der Waals surface area contributed by atoms with Crippen LogP contribution < -0.4 is 16.8 Å². The van der Waals surface area contributed by atoms with Gasteiger partial charge < -0.3 is 16.8 Å². The van der Waals surface area contributed by atoms with Gasteiger partial charge >= 0.3 is 0 Å². The van der Waals surface area contributed by atoms with Gasteiger partial charge in [-0.2, -0.15) is 0 Å². The monoisotopic (exact) mass is 366 g/mol. The van der Waals surface area contributed by atoms with Crippen LogP contribution in [-0.4, -0.2) is 36.2 Å². The van der Waals surface area contributed by atoms with Gasteiger partial charge in [0.1, 0.15) is 0 Å². The van der Waals surface area contributed by atoms with Crippen molar-refractivity contribution in [2.24, 2.45) is 11.5 Å². The average molecular weight is 366 g/mol. The summed E-state index contributed by atoms with van der Waals surface area (Å²) in [5.74, 6) is -1.65. The van der Waals surface area contributed by atoms with Crippen molar-refractivity contribution in [3.05, 3.63) is 64.7 Å². The summed E-state index contributed by atoms with van der Waals surface area (Å²) in [4.78, 5) is 37.3. The lowest BCUT2D eigenvalue weighted by Gasteiger charge is -2.24. The Morgan fingerprint density at radius 1 is 1.07 bits per heavy atom. The number of hydrogen-bond donors (Lipinski definition) is 3. The van der Waals surface area contributed by atoms with E-state index in [1.54, 1.807) is 0 Å². The molecule has 0 aliphatic heterocycles. The second kappa shape index (κ2) is 7.59. The lowest BCUT2D eigenvalue weighted by atomic mass is 10.1. The largest absolute Gasteiger partial charge is 0.366 e. The maximum atomic E-state index is 12.5. The minimum atomic E-state index is -0.701. The third kappa shape index (κ3) is 4.15. The van der Waals surface area contributed by atoms with E-state index in [0.717, 1.165) is 12.8 Å². The number of primary amides is 2. The number of fused-ring (bicyclic) bond motifs is 1. The van der Waals surface area contributed by atoms with E-state index in [1.165, 1.54) is 29.3 Å². The van der Waals surface area contributed by atoms with E-state index in [9.17, 15) is 14.4 Å². The number of nitrogens with one attached hydrogen (secondary N) is 1. The maximum absolute atomic E-state index is 12.5. The summed E-state index contributed by atoms with van der Waals surface area (Å²) in [6.07, 6.45) is 1.96. The van der Waals surface area contributed by atoms with Gasteiger partial charge in [-0.25, -0.2) is 0 Å². The molecule has 7 nitrogen and oxygen atoms in total. The van der Waals surface area contributed by atoms with E-state index in [2.05, 4.69) is 17.4 Å². The first kappa shape index (κ1) is 18.6. The van der Waals surface area contributed by atoms with Crippen LogP contribution in [-0.2, 0) is 11.2 Å². The fraction of sp³-hybridized carbons (Fsp3) is 0.250. The SMILES string of the molecule is CN(CC(=O)Nc1cc(C(N)=O)cc(C(N)=O)c1)[C@H]1CCc2ccccc21. The molecular formula is C20H22N4O3. The summed E-state index contributed by atoms with van der Waals surface area (Å²) in [7, 11) is 1.90. The van der Waals surface area contributed by atoms with Crippen molar-refractivity contribution in [3.8, 4) is 0 Å². The number of benzene rings is 2. The highest BCUT2D eigenvalue weighted by molar-refractivity contribution is 6.01. The Balaban J connectivity index is 1.71. The Kier molecular flexibility index (Phi) is 5.23. The van der Waals surface area contributed by atoms with Gasteiger partial charge in [-0.05, 0) is 49.2 Å². The summed E-state index contributed by atoms with van der Waals surface area (Å²) >= 11 is 0. The zero-order chi connectivity index (χ0) is 19.6. The van der Waals surface area contributed by atoms with E-state index in [0.29, 0.717) is 5.69 Å². The lowest BCUT2D eigenvalue weighted by Crippen LogP contribution is -2.32. The van der Waals surface area contributed by atoms with Crippen LogP contribution in [0.1, 0.15) is 44.3 Å². The van der Waals surface area contributed by atoms with Gasteiger partial charge in [0.15, 0.2) is 0 Å². The molecule has 0 saturated heterocycles. The molecule has 3 rings (SSSR count). The molecule has 3 amide bonds. The minimum Gasteiger partial charge on any atom is -0.366 e. The molecule has 2 aromatic carbocycles. The highest BCUT2D eigenvalue weighted by Crippen LogP contribution is 2.34. The van der Waals surface area contributed by atoms with Crippen LogP contribution in [0, 0.1) is 0 Å².